The van der Waals surface area contributed by atoms with Crippen LogP contribution in [-0.2, 0) is 11.0 Å². The monoisotopic (exact) mass is 434 g/mol. The number of aromatic nitrogens is 1. The molecule has 8 heteroatoms. The van der Waals surface area contributed by atoms with Crippen molar-refractivity contribution < 1.29 is 19.4 Å². The maximum Gasteiger partial charge on any atom is 0.413 e. The van der Waals surface area contributed by atoms with Gasteiger partial charge in [-0.05, 0) is 12.1 Å². The summed E-state index contributed by atoms with van der Waals surface area (Å²) in [5.74, 6) is 1.24. The van der Waals surface area contributed by atoms with Gasteiger partial charge in [-0.25, -0.2) is 14.7 Å². The summed E-state index contributed by atoms with van der Waals surface area (Å²) in [6.45, 7) is 0.163. The fourth-order valence-corrected chi connectivity index (χ4v) is 3.36. The molecule has 0 atom stereocenters. The minimum Gasteiger partial charge on any atom is -0.497 e. The van der Waals surface area contributed by atoms with Crippen LogP contribution in [0.4, 0.5) is 9.93 Å². The van der Waals surface area contributed by atoms with Gasteiger partial charge in [0.15, 0.2) is 5.13 Å². The molecule has 0 unspecified atom stereocenters. The van der Waals surface area contributed by atoms with Gasteiger partial charge in [-0.2, -0.15) is 0 Å². The van der Waals surface area contributed by atoms with Gasteiger partial charge in [-0.15, -0.1) is 11.3 Å². The van der Waals surface area contributed by atoms with Crippen molar-refractivity contribution in [2.24, 2.45) is 0 Å². The number of rotatable bonds is 6. The van der Waals surface area contributed by atoms with E-state index in [1.54, 1.807) is 32.4 Å². The van der Waals surface area contributed by atoms with Crippen molar-refractivity contribution in [3.8, 4) is 11.5 Å². The third kappa shape index (κ3) is 3.80. The molecule has 0 spiro atoms. The van der Waals surface area contributed by atoms with E-state index in [4.69, 9.17) is 9.47 Å². The molecule has 0 fully saturated rings. The van der Waals surface area contributed by atoms with Crippen LogP contribution in [-0.4, -0.2) is 30.4 Å². The van der Waals surface area contributed by atoms with Crippen molar-refractivity contribution in [1.29, 1.82) is 0 Å². The van der Waals surface area contributed by atoms with Gasteiger partial charge in [0.2, 0.25) is 0 Å². The Morgan fingerprint density at radius 3 is 2.73 bits per heavy atom. The summed E-state index contributed by atoms with van der Waals surface area (Å²) in [6, 6.07) is 5.30. The largest absolute Gasteiger partial charge is 0.497 e. The molecule has 1 aromatic heterocycles. The summed E-state index contributed by atoms with van der Waals surface area (Å²) in [5, 5.41) is 11.8. The zero-order valence-corrected chi connectivity index (χ0v) is 15.1. The third-order valence-electron chi connectivity index (χ3n) is 2.96. The van der Waals surface area contributed by atoms with Crippen LogP contribution in [0, 0.1) is 0 Å². The van der Waals surface area contributed by atoms with Gasteiger partial charge in [0.05, 0.1) is 26.5 Å². The van der Waals surface area contributed by atoms with Crippen LogP contribution < -0.4 is 14.4 Å². The first kappa shape index (κ1) is 16.8. The Kier molecular flexibility index (Phi) is 5.83. The van der Waals surface area contributed by atoms with Gasteiger partial charge < -0.3 is 14.6 Å². The molecule has 0 saturated heterocycles. The number of amides is 1. The third-order valence-corrected chi connectivity index (χ3v) is 4.65. The average molecular weight is 434 g/mol. The minimum absolute atomic E-state index is 0.163. The molecule has 1 amide bonds. The molecule has 0 saturated carbocycles. The topological polar surface area (TPSA) is 71.9 Å². The van der Waals surface area contributed by atoms with E-state index in [2.05, 4.69) is 27.6 Å². The first-order valence-corrected chi connectivity index (χ1v) is 8.71. The predicted molar refractivity (Wildman–Crippen MR) is 93.6 cm³/mol. The lowest BCUT2D eigenvalue weighted by Crippen LogP contribution is -2.28. The molecule has 22 heavy (non-hydrogen) atoms. The number of carbonyl (C=O) groups is 1. The number of nitrogens with zero attached hydrogens (tertiary/aromatic N) is 2. The van der Waals surface area contributed by atoms with Gasteiger partial charge in [-0.3, -0.25) is 0 Å². The summed E-state index contributed by atoms with van der Waals surface area (Å²) in [6.07, 6.45) is -1.05. The Balaban J connectivity index is 2.30. The van der Waals surface area contributed by atoms with E-state index in [0.717, 1.165) is 15.7 Å². The zero-order chi connectivity index (χ0) is 16.1. The number of methoxy groups -OCH3 is 2. The highest BCUT2D eigenvalue weighted by Gasteiger charge is 2.20. The number of halogens is 1. The van der Waals surface area contributed by atoms with E-state index in [-0.39, 0.29) is 6.54 Å². The molecule has 0 aliphatic heterocycles. The maximum atomic E-state index is 11.5. The Hall–Kier alpha value is -1.55. The lowest BCUT2D eigenvalue weighted by Gasteiger charge is -2.18. The highest BCUT2D eigenvalue weighted by Crippen LogP contribution is 2.29. The Morgan fingerprint density at radius 2 is 2.18 bits per heavy atom. The van der Waals surface area contributed by atoms with Crippen LogP contribution in [0.3, 0.4) is 0 Å². The van der Waals surface area contributed by atoms with Crippen LogP contribution in [0.2, 0.25) is 0 Å². The first-order valence-electron chi connectivity index (χ1n) is 6.30. The molecule has 118 valence electrons. The van der Waals surface area contributed by atoms with Crippen LogP contribution >= 0.6 is 33.9 Å². The Labute approximate surface area is 145 Å². The highest BCUT2D eigenvalue weighted by atomic mass is 127. The molecule has 1 N–H and O–H groups in total. The lowest BCUT2D eigenvalue weighted by atomic mass is 10.2. The fraction of sp³-hybridized carbons (Fsp3) is 0.286. The second kappa shape index (κ2) is 7.63. The highest BCUT2D eigenvalue weighted by molar-refractivity contribution is 14.1. The van der Waals surface area contributed by atoms with Gasteiger partial charge in [-0.1, -0.05) is 22.6 Å². The summed E-state index contributed by atoms with van der Waals surface area (Å²) >= 11 is 3.51. The quantitative estimate of drug-likeness (QED) is 0.554. The summed E-state index contributed by atoms with van der Waals surface area (Å²) in [4.78, 5) is 17.1. The normalized spacial score (nSPS) is 10.3. The molecule has 0 aliphatic carbocycles. The number of anilines is 1. The summed E-state index contributed by atoms with van der Waals surface area (Å²) < 4.78 is 11.2. The second-order valence-electron chi connectivity index (χ2n) is 4.30. The van der Waals surface area contributed by atoms with Crippen molar-refractivity contribution in [1.82, 2.24) is 4.98 Å². The van der Waals surface area contributed by atoms with Crippen LogP contribution in [0.1, 0.15) is 11.3 Å². The van der Waals surface area contributed by atoms with Crippen LogP contribution in [0.5, 0.6) is 11.5 Å². The van der Waals surface area contributed by atoms with Gasteiger partial charge in [0, 0.05) is 21.4 Å². The van der Waals surface area contributed by atoms with E-state index >= 15 is 0 Å². The first-order chi connectivity index (χ1) is 10.6. The molecule has 0 bridgehead atoms. The SMILES string of the molecule is COc1ccc(CN(C(=O)O)c2nc(CI)cs2)c(OC)c1. The van der Waals surface area contributed by atoms with E-state index in [0.29, 0.717) is 16.6 Å². The summed E-state index contributed by atoms with van der Waals surface area (Å²) in [5.41, 5.74) is 1.62. The molecular formula is C14H15IN2O4S. The van der Waals surface area contributed by atoms with Gasteiger partial charge >= 0.3 is 6.09 Å². The number of carboxylic acid groups (broad SMARTS) is 1. The van der Waals surface area contributed by atoms with Crippen molar-refractivity contribution in [2.75, 3.05) is 19.1 Å². The number of hydrogen-bond donors (Lipinski definition) is 1. The van der Waals surface area contributed by atoms with Crippen molar-refractivity contribution in [3.05, 3.63) is 34.8 Å². The van der Waals surface area contributed by atoms with Gasteiger partial charge in [0.1, 0.15) is 11.5 Å². The zero-order valence-electron chi connectivity index (χ0n) is 12.1. The molecule has 1 aromatic carbocycles. The smallest absolute Gasteiger partial charge is 0.413 e. The molecule has 2 rings (SSSR count). The van der Waals surface area contributed by atoms with Crippen LogP contribution in [0.15, 0.2) is 23.6 Å². The second-order valence-corrected chi connectivity index (χ2v) is 5.90. The average Bonchev–Trinajstić information content (AvgIpc) is 3.00. The Bertz CT molecular complexity index is 662. The van der Waals surface area contributed by atoms with E-state index in [9.17, 15) is 9.90 Å². The van der Waals surface area contributed by atoms with E-state index in [1.807, 2.05) is 5.38 Å². The van der Waals surface area contributed by atoms with Crippen LogP contribution in [0.25, 0.3) is 0 Å². The number of ether oxygens (including phenoxy) is 2. The number of hydrogen-bond acceptors (Lipinski definition) is 5. The lowest BCUT2D eigenvalue weighted by molar-refractivity contribution is 0.201. The Morgan fingerprint density at radius 1 is 1.41 bits per heavy atom. The van der Waals surface area contributed by atoms with Gasteiger partial charge in [0.25, 0.3) is 0 Å². The van der Waals surface area contributed by atoms with Crippen molar-refractivity contribution in [3.63, 3.8) is 0 Å². The predicted octanol–water partition coefficient (Wildman–Crippen LogP) is 3.78. The van der Waals surface area contributed by atoms with Crippen molar-refractivity contribution >= 4 is 45.2 Å². The number of benzene rings is 1. The summed E-state index contributed by atoms with van der Waals surface area (Å²) in [7, 11) is 3.11. The van der Waals surface area contributed by atoms with E-state index < -0.39 is 6.09 Å². The minimum atomic E-state index is -1.05. The molecule has 2 aromatic rings. The number of thiazole rings is 1. The maximum absolute atomic E-state index is 11.5. The van der Waals surface area contributed by atoms with Crippen molar-refractivity contribution in [2.45, 2.75) is 11.0 Å². The van der Waals surface area contributed by atoms with E-state index in [1.165, 1.54) is 16.2 Å². The molecule has 1 heterocycles. The molecular weight excluding hydrogens is 419 g/mol. The molecule has 0 aliphatic rings. The number of alkyl halides is 1. The fourth-order valence-electron chi connectivity index (χ4n) is 1.85. The standard InChI is InChI=1S/C14H15IN2O4S/c1-20-11-4-3-9(12(5-11)21-2)7-17(14(18)19)13-16-10(6-15)8-22-13/h3-5,8H,6-7H2,1-2H3,(H,18,19). The molecule has 0 radical (unpaired) electrons. The molecule has 6 nitrogen and oxygen atoms in total.